The van der Waals surface area contributed by atoms with Crippen LogP contribution in [0.15, 0.2) is 205 Å². The second-order valence-electron chi connectivity index (χ2n) is 13.3. The summed E-state index contributed by atoms with van der Waals surface area (Å²) in [4.78, 5) is 2.43. The third-order valence-electron chi connectivity index (χ3n) is 10.3. The molecule has 0 aliphatic heterocycles. The summed E-state index contributed by atoms with van der Waals surface area (Å²) in [6.45, 7) is 0. The maximum atomic E-state index is 6.40. The van der Waals surface area contributed by atoms with Crippen LogP contribution in [0, 0.1) is 0 Å². The van der Waals surface area contributed by atoms with E-state index in [-0.39, 0.29) is 0 Å². The van der Waals surface area contributed by atoms with Gasteiger partial charge in [-0.25, -0.2) is 0 Å². The van der Waals surface area contributed by atoms with Gasteiger partial charge in [0.25, 0.3) is 0 Å². The van der Waals surface area contributed by atoms with Crippen LogP contribution in [-0.2, 0) is 0 Å². The van der Waals surface area contributed by atoms with Crippen molar-refractivity contribution in [1.82, 2.24) is 0 Å². The van der Waals surface area contributed by atoms with Gasteiger partial charge in [-0.2, -0.15) is 0 Å². The number of para-hydroxylation sites is 3. The van der Waals surface area contributed by atoms with E-state index in [0.717, 1.165) is 50.0 Å². The van der Waals surface area contributed by atoms with Gasteiger partial charge in [0.2, 0.25) is 0 Å². The van der Waals surface area contributed by atoms with Crippen LogP contribution in [0.25, 0.3) is 76.9 Å². The fraction of sp³-hybridized carbons (Fsp3) is 0. The second kappa shape index (κ2) is 12.5. The van der Waals surface area contributed by atoms with Gasteiger partial charge in [0.1, 0.15) is 11.2 Å². The molecule has 9 aromatic carbocycles. The molecule has 0 aliphatic rings. The zero-order chi connectivity index (χ0) is 34.4. The molecule has 2 heteroatoms. The Balaban J connectivity index is 1.24. The molecule has 0 amide bonds. The summed E-state index contributed by atoms with van der Waals surface area (Å²) in [5, 5.41) is 7.01. The Hall–Kier alpha value is -6.90. The van der Waals surface area contributed by atoms with Gasteiger partial charge in [0, 0.05) is 27.4 Å². The predicted octanol–water partition coefficient (Wildman–Crippen LogP) is 14.4. The molecule has 1 aromatic heterocycles. The summed E-state index contributed by atoms with van der Waals surface area (Å²) < 4.78 is 6.40. The lowest BCUT2D eigenvalue weighted by Crippen LogP contribution is -2.12. The lowest BCUT2D eigenvalue weighted by molar-refractivity contribution is 0.669. The third kappa shape index (κ3) is 4.96. The van der Waals surface area contributed by atoms with Gasteiger partial charge in [0.05, 0.1) is 11.4 Å². The Morgan fingerprint density at radius 2 is 0.846 bits per heavy atom. The zero-order valence-electron chi connectivity index (χ0n) is 28.4. The van der Waals surface area contributed by atoms with E-state index < -0.39 is 0 Å². The van der Waals surface area contributed by atoms with E-state index in [1.54, 1.807) is 0 Å². The van der Waals surface area contributed by atoms with Gasteiger partial charge in [0.15, 0.2) is 0 Å². The summed E-state index contributed by atoms with van der Waals surface area (Å²) in [6.07, 6.45) is 0. The molecule has 0 saturated heterocycles. The number of rotatable bonds is 6. The molecule has 244 valence electrons. The predicted molar refractivity (Wildman–Crippen MR) is 220 cm³/mol. The number of hydrogen-bond acceptors (Lipinski definition) is 2. The van der Waals surface area contributed by atoms with Crippen molar-refractivity contribution in [3.63, 3.8) is 0 Å². The van der Waals surface area contributed by atoms with Gasteiger partial charge in [-0.3, -0.25) is 0 Å². The SMILES string of the molecule is c1ccc(-c2ccccc2-c2ccccc2-c2ccccc2N(c2ccccc2)c2cc3cc4oc5ccccc5c4cc3c3ccccc23)cc1. The van der Waals surface area contributed by atoms with Crippen LogP contribution in [0.1, 0.15) is 0 Å². The minimum Gasteiger partial charge on any atom is -0.456 e. The van der Waals surface area contributed by atoms with Crippen molar-refractivity contribution in [3.8, 4) is 33.4 Å². The Morgan fingerprint density at radius 1 is 0.308 bits per heavy atom. The molecule has 0 spiro atoms. The van der Waals surface area contributed by atoms with Crippen LogP contribution in [0.5, 0.6) is 0 Å². The number of anilines is 3. The van der Waals surface area contributed by atoms with Crippen molar-refractivity contribution in [1.29, 1.82) is 0 Å². The van der Waals surface area contributed by atoms with Gasteiger partial charge in [-0.1, -0.05) is 158 Å². The normalized spacial score (nSPS) is 11.5. The molecule has 0 aliphatic carbocycles. The molecule has 0 radical (unpaired) electrons. The van der Waals surface area contributed by atoms with E-state index in [1.165, 1.54) is 44.0 Å². The van der Waals surface area contributed by atoms with Crippen molar-refractivity contribution in [3.05, 3.63) is 200 Å². The Morgan fingerprint density at radius 3 is 1.60 bits per heavy atom. The average molecular weight is 664 g/mol. The maximum Gasteiger partial charge on any atom is 0.136 e. The first-order valence-electron chi connectivity index (χ1n) is 17.8. The van der Waals surface area contributed by atoms with Crippen LogP contribution < -0.4 is 4.90 Å². The highest BCUT2D eigenvalue weighted by Gasteiger charge is 2.22. The Labute approximate surface area is 302 Å². The molecule has 52 heavy (non-hydrogen) atoms. The summed E-state index contributed by atoms with van der Waals surface area (Å²) in [6, 6.07) is 71.7. The van der Waals surface area contributed by atoms with E-state index in [1.807, 2.05) is 12.1 Å². The summed E-state index contributed by atoms with van der Waals surface area (Å²) in [5.74, 6) is 0. The lowest BCUT2D eigenvalue weighted by atomic mass is 9.88. The molecule has 2 nitrogen and oxygen atoms in total. The van der Waals surface area contributed by atoms with Gasteiger partial charge < -0.3 is 9.32 Å². The molecular weight excluding hydrogens is 631 g/mol. The Bertz CT molecular complexity index is 2910. The summed E-state index contributed by atoms with van der Waals surface area (Å²) in [5.41, 5.74) is 12.3. The number of fused-ring (bicyclic) bond motifs is 6. The highest BCUT2D eigenvalue weighted by Crippen LogP contribution is 2.48. The highest BCUT2D eigenvalue weighted by atomic mass is 16.3. The number of benzene rings is 9. The molecule has 0 unspecified atom stereocenters. The van der Waals surface area contributed by atoms with E-state index in [2.05, 4.69) is 193 Å². The van der Waals surface area contributed by atoms with Crippen LogP contribution in [0.3, 0.4) is 0 Å². The first-order valence-corrected chi connectivity index (χ1v) is 17.8. The largest absolute Gasteiger partial charge is 0.456 e. The van der Waals surface area contributed by atoms with E-state index >= 15 is 0 Å². The van der Waals surface area contributed by atoms with Crippen molar-refractivity contribution in [2.45, 2.75) is 0 Å². The molecule has 10 rings (SSSR count). The number of furan rings is 1. The zero-order valence-corrected chi connectivity index (χ0v) is 28.4. The molecule has 0 atom stereocenters. The fourth-order valence-electron chi connectivity index (χ4n) is 7.91. The molecule has 1 heterocycles. The smallest absolute Gasteiger partial charge is 0.136 e. The number of hydrogen-bond donors (Lipinski definition) is 0. The fourth-order valence-corrected chi connectivity index (χ4v) is 7.91. The van der Waals surface area contributed by atoms with Crippen LogP contribution in [0.4, 0.5) is 17.1 Å². The van der Waals surface area contributed by atoms with Crippen molar-refractivity contribution < 1.29 is 4.42 Å². The third-order valence-corrected chi connectivity index (χ3v) is 10.3. The average Bonchev–Trinajstić information content (AvgIpc) is 3.58. The summed E-state index contributed by atoms with van der Waals surface area (Å²) in [7, 11) is 0. The topological polar surface area (TPSA) is 16.4 Å². The van der Waals surface area contributed by atoms with E-state index in [0.29, 0.717) is 0 Å². The quantitative estimate of drug-likeness (QED) is 0.165. The minimum atomic E-state index is 0.896. The Kier molecular flexibility index (Phi) is 7.18. The van der Waals surface area contributed by atoms with E-state index in [4.69, 9.17) is 4.42 Å². The van der Waals surface area contributed by atoms with Crippen molar-refractivity contribution >= 4 is 60.5 Å². The molecule has 10 aromatic rings. The van der Waals surface area contributed by atoms with Crippen LogP contribution in [0.2, 0.25) is 0 Å². The van der Waals surface area contributed by atoms with Gasteiger partial charge in [-0.15, -0.1) is 0 Å². The van der Waals surface area contributed by atoms with Crippen LogP contribution in [-0.4, -0.2) is 0 Å². The van der Waals surface area contributed by atoms with Gasteiger partial charge in [-0.05, 0) is 86.4 Å². The molecule has 0 N–H and O–H groups in total. The summed E-state index contributed by atoms with van der Waals surface area (Å²) >= 11 is 0. The van der Waals surface area contributed by atoms with Crippen molar-refractivity contribution in [2.75, 3.05) is 4.90 Å². The first-order chi connectivity index (χ1) is 25.8. The van der Waals surface area contributed by atoms with Crippen LogP contribution >= 0.6 is 0 Å². The maximum absolute atomic E-state index is 6.40. The monoisotopic (exact) mass is 663 g/mol. The van der Waals surface area contributed by atoms with Crippen molar-refractivity contribution in [2.24, 2.45) is 0 Å². The molecule has 0 saturated carbocycles. The molecule has 0 fully saturated rings. The highest BCUT2D eigenvalue weighted by molar-refractivity contribution is 6.20. The molecule has 0 bridgehead atoms. The first kappa shape index (κ1) is 30.0. The second-order valence-corrected chi connectivity index (χ2v) is 13.3. The standard InChI is InChI=1S/C50H33NO/c1-3-17-34(18-4-1)37-21-7-8-22-38(37)39-23-9-10-24-40(39)42-26-13-15-29-47(42)51(36-19-5-2-6-20-36)48-31-35-32-50-46(44-28-14-16-30-49(44)52-50)33-45(35)41-25-11-12-27-43(41)48/h1-33H. The molecular formula is C50H33NO. The minimum absolute atomic E-state index is 0.896. The van der Waals surface area contributed by atoms with E-state index in [9.17, 15) is 0 Å². The van der Waals surface area contributed by atoms with Gasteiger partial charge >= 0.3 is 0 Å². The number of nitrogens with zero attached hydrogens (tertiary/aromatic N) is 1. The lowest BCUT2D eigenvalue weighted by Gasteiger charge is -2.30.